The third-order valence-corrected chi connectivity index (χ3v) is 4.12. The first kappa shape index (κ1) is 15.1. The third-order valence-electron chi connectivity index (χ3n) is 2.51. The maximum Gasteiger partial charge on any atom is 0.317 e. The van der Waals surface area contributed by atoms with Crippen LogP contribution in [0.15, 0.2) is 20.3 Å². The summed E-state index contributed by atoms with van der Waals surface area (Å²) < 4.78 is 6.57. The number of hydrogen-bond acceptors (Lipinski definition) is 6. The average Bonchev–Trinajstić information content (AvgIpc) is 2.97. The molecule has 0 amide bonds. The Kier molecular flexibility index (Phi) is 5.27. The van der Waals surface area contributed by atoms with Gasteiger partial charge in [0.05, 0.1) is 21.8 Å². The van der Waals surface area contributed by atoms with Gasteiger partial charge in [-0.3, -0.25) is 9.69 Å². The summed E-state index contributed by atoms with van der Waals surface area (Å²) in [5.41, 5.74) is 0. The van der Waals surface area contributed by atoms with Gasteiger partial charge in [-0.1, -0.05) is 6.92 Å². The van der Waals surface area contributed by atoms with Crippen LogP contribution in [0.4, 0.5) is 0 Å². The van der Waals surface area contributed by atoms with Crippen molar-refractivity contribution in [2.75, 3.05) is 13.1 Å². The molecule has 0 bridgehead atoms. The second kappa shape index (κ2) is 6.96. The van der Waals surface area contributed by atoms with E-state index in [0.29, 0.717) is 24.9 Å². The van der Waals surface area contributed by atoms with Crippen LogP contribution in [0.25, 0.3) is 10.8 Å². The lowest BCUT2D eigenvalue weighted by Gasteiger charge is -2.16. The second-order valence-electron chi connectivity index (χ2n) is 4.21. The largest absolute Gasteiger partial charge is 0.480 e. The number of halogens is 1. The molecule has 0 aliphatic rings. The Morgan fingerprint density at radius 2 is 2.30 bits per heavy atom. The molecule has 6 nitrogen and oxygen atoms in total. The zero-order valence-electron chi connectivity index (χ0n) is 10.9. The average molecular weight is 360 g/mol. The zero-order valence-corrected chi connectivity index (χ0v) is 13.3. The van der Waals surface area contributed by atoms with Gasteiger partial charge in [-0.05, 0) is 41.0 Å². The second-order valence-corrected chi connectivity index (χ2v) is 6.67. The molecule has 0 spiro atoms. The lowest BCUT2D eigenvalue weighted by molar-refractivity contribution is -0.138. The number of thiophene rings is 1. The number of rotatable bonds is 7. The van der Waals surface area contributed by atoms with Gasteiger partial charge in [0.25, 0.3) is 5.89 Å². The Balaban J connectivity index is 2.05. The number of carboxylic acids is 1. The van der Waals surface area contributed by atoms with Crippen molar-refractivity contribution in [2.24, 2.45) is 0 Å². The topological polar surface area (TPSA) is 79.5 Å². The predicted molar refractivity (Wildman–Crippen MR) is 78.5 cm³/mol. The molecule has 0 fully saturated rings. The summed E-state index contributed by atoms with van der Waals surface area (Å²) in [4.78, 5) is 13.4. The Labute approximate surface area is 128 Å². The Morgan fingerprint density at radius 1 is 1.50 bits per heavy atom. The SMILES string of the molecule is CCCN(CC(=O)O)Cc1nnc(-c2ccc(Br)s2)o1. The number of hydrogen-bond donors (Lipinski definition) is 1. The minimum Gasteiger partial charge on any atom is -0.480 e. The maximum absolute atomic E-state index is 10.8. The third kappa shape index (κ3) is 4.12. The molecule has 2 heterocycles. The molecule has 2 aromatic rings. The highest BCUT2D eigenvalue weighted by Gasteiger charge is 2.15. The van der Waals surface area contributed by atoms with Gasteiger partial charge < -0.3 is 9.52 Å². The van der Waals surface area contributed by atoms with E-state index >= 15 is 0 Å². The van der Waals surface area contributed by atoms with Gasteiger partial charge in [0, 0.05) is 0 Å². The molecule has 0 saturated heterocycles. The highest BCUT2D eigenvalue weighted by molar-refractivity contribution is 9.11. The summed E-state index contributed by atoms with van der Waals surface area (Å²) >= 11 is 4.89. The number of carboxylic acid groups (broad SMARTS) is 1. The van der Waals surface area contributed by atoms with Crippen molar-refractivity contribution in [1.82, 2.24) is 15.1 Å². The molecule has 1 N–H and O–H groups in total. The maximum atomic E-state index is 10.8. The number of nitrogens with zero attached hydrogens (tertiary/aromatic N) is 3. The molecule has 20 heavy (non-hydrogen) atoms. The predicted octanol–water partition coefficient (Wildman–Crippen LogP) is 2.86. The Hall–Kier alpha value is -1.25. The highest BCUT2D eigenvalue weighted by atomic mass is 79.9. The minimum absolute atomic E-state index is 0.0316. The van der Waals surface area contributed by atoms with E-state index in [9.17, 15) is 4.79 Å². The van der Waals surface area contributed by atoms with E-state index in [1.165, 1.54) is 11.3 Å². The lowest BCUT2D eigenvalue weighted by Crippen LogP contribution is -2.30. The fraction of sp³-hybridized carbons (Fsp3) is 0.417. The summed E-state index contributed by atoms with van der Waals surface area (Å²) in [6.07, 6.45) is 0.867. The van der Waals surface area contributed by atoms with Crippen molar-refractivity contribution < 1.29 is 14.3 Å². The van der Waals surface area contributed by atoms with Crippen molar-refractivity contribution >= 4 is 33.2 Å². The van der Waals surface area contributed by atoms with Gasteiger partial charge in [0.1, 0.15) is 0 Å². The van der Waals surface area contributed by atoms with Gasteiger partial charge in [0.15, 0.2) is 0 Å². The standard InChI is InChI=1S/C12H14BrN3O3S/c1-2-5-16(7-11(17)18)6-10-14-15-12(19-10)8-3-4-9(13)20-8/h3-4H,2,5-7H2,1H3,(H,17,18). The van der Waals surface area contributed by atoms with Crippen LogP contribution in [0.3, 0.4) is 0 Å². The van der Waals surface area contributed by atoms with E-state index in [-0.39, 0.29) is 6.54 Å². The van der Waals surface area contributed by atoms with Gasteiger partial charge in [-0.15, -0.1) is 21.5 Å². The van der Waals surface area contributed by atoms with Gasteiger partial charge in [-0.25, -0.2) is 0 Å². The van der Waals surface area contributed by atoms with Crippen molar-refractivity contribution in [3.05, 3.63) is 21.8 Å². The fourth-order valence-electron chi connectivity index (χ4n) is 1.76. The summed E-state index contributed by atoms with van der Waals surface area (Å²) in [7, 11) is 0. The monoisotopic (exact) mass is 359 g/mol. The summed E-state index contributed by atoms with van der Waals surface area (Å²) in [6.45, 7) is 2.99. The first-order valence-electron chi connectivity index (χ1n) is 6.10. The summed E-state index contributed by atoms with van der Waals surface area (Å²) in [5.74, 6) is 0.0297. The Bertz CT molecular complexity index is 584. The van der Waals surface area contributed by atoms with E-state index < -0.39 is 5.97 Å². The number of aromatic nitrogens is 2. The normalized spacial score (nSPS) is 11.2. The van der Waals surface area contributed by atoms with E-state index in [4.69, 9.17) is 9.52 Å². The van der Waals surface area contributed by atoms with E-state index in [1.54, 1.807) is 4.90 Å². The molecule has 8 heteroatoms. The zero-order chi connectivity index (χ0) is 14.5. The molecule has 0 unspecified atom stereocenters. The van der Waals surface area contributed by atoms with Gasteiger partial charge in [0.2, 0.25) is 5.89 Å². The molecule has 0 aliphatic heterocycles. The lowest BCUT2D eigenvalue weighted by atomic mass is 10.4. The molecular formula is C12H14BrN3O3S. The highest BCUT2D eigenvalue weighted by Crippen LogP contribution is 2.30. The van der Waals surface area contributed by atoms with E-state index in [2.05, 4.69) is 26.1 Å². The van der Waals surface area contributed by atoms with Crippen LogP contribution in [0.2, 0.25) is 0 Å². The fourth-order valence-corrected chi connectivity index (χ4v) is 3.07. The van der Waals surface area contributed by atoms with Crippen LogP contribution < -0.4 is 0 Å². The molecule has 0 atom stereocenters. The smallest absolute Gasteiger partial charge is 0.317 e. The molecule has 2 rings (SSSR count). The molecule has 0 aliphatic carbocycles. The Morgan fingerprint density at radius 3 is 2.90 bits per heavy atom. The van der Waals surface area contributed by atoms with Crippen LogP contribution in [0, 0.1) is 0 Å². The van der Waals surface area contributed by atoms with Gasteiger partial charge in [-0.2, -0.15) is 0 Å². The van der Waals surface area contributed by atoms with Crippen molar-refractivity contribution in [2.45, 2.75) is 19.9 Å². The van der Waals surface area contributed by atoms with E-state index in [0.717, 1.165) is 15.1 Å². The summed E-state index contributed by atoms with van der Waals surface area (Å²) in [5, 5.41) is 16.8. The number of carbonyl (C=O) groups is 1. The molecule has 2 aromatic heterocycles. The molecule has 0 aromatic carbocycles. The van der Waals surface area contributed by atoms with Gasteiger partial charge >= 0.3 is 5.97 Å². The first-order chi connectivity index (χ1) is 9.58. The quantitative estimate of drug-likeness (QED) is 0.818. The molecule has 108 valence electrons. The molecular weight excluding hydrogens is 346 g/mol. The van der Waals surface area contributed by atoms with Crippen LogP contribution in [0.1, 0.15) is 19.2 Å². The van der Waals surface area contributed by atoms with E-state index in [1.807, 2.05) is 19.1 Å². The van der Waals surface area contributed by atoms with Crippen molar-refractivity contribution in [3.63, 3.8) is 0 Å². The minimum atomic E-state index is -0.861. The van der Waals surface area contributed by atoms with Crippen LogP contribution >= 0.6 is 27.3 Å². The van der Waals surface area contributed by atoms with Crippen LogP contribution in [0.5, 0.6) is 0 Å². The van der Waals surface area contributed by atoms with Crippen LogP contribution in [-0.2, 0) is 11.3 Å². The van der Waals surface area contributed by atoms with Crippen molar-refractivity contribution in [3.8, 4) is 10.8 Å². The first-order valence-corrected chi connectivity index (χ1v) is 7.71. The summed E-state index contributed by atoms with van der Waals surface area (Å²) in [6, 6.07) is 3.81. The van der Waals surface area contributed by atoms with Crippen LogP contribution in [-0.4, -0.2) is 39.3 Å². The molecule has 0 radical (unpaired) electrons. The molecule has 0 saturated carbocycles. The van der Waals surface area contributed by atoms with Crippen molar-refractivity contribution in [1.29, 1.82) is 0 Å². The number of aliphatic carboxylic acids is 1.